The second kappa shape index (κ2) is 16.6. The monoisotopic (exact) mass is 662 g/mol. The first-order chi connectivity index (χ1) is 21.5. The Labute approximate surface area is 272 Å². The molecule has 0 radical (unpaired) electrons. The number of nitrogens with one attached hydrogen (secondary N) is 2. The summed E-state index contributed by atoms with van der Waals surface area (Å²) in [4.78, 5) is 56.9. The van der Waals surface area contributed by atoms with Gasteiger partial charge in [-0.25, -0.2) is 23.1 Å². The van der Waals surface area contributed by atoms with E-state index in [1.54, 1.807) is 38.9 Å². The third-order valence-corrected chi connectivity index (χ3v) is 9.03. The molecule has 256 valence electrons. The van der Waals surface area contributed by atoms with Gasteiger partial charge in [0.2, 0.25) is 27.7 Å². The third kappa shape index (κ3) is 11.9. The molecule has 2 fully saturated rings. The predicted octanol–water partition coefficient (Wildman–Crippen LogP) is 1.56. The minimum Gasteiger partial charge on any atom is -0.459 e. The van der Waals surface area contributed by atoms with Crippen LogP contribution in [0.3, 0.4) is 0 Å². The average Bonchev–Trinajstić information content (AvgIpc) is 3.48. The molecule has 13 nitrogen and oxygen atoms in total. The van der Waals surface area contributed by atoms with E-state index in [1.807, 2.05) is 30.3 Å². The fraction of sp³-hybridized carbons (Fsp3) is 0.656. The van der Waals surface area contributed by atoms with Crippen molar-refractivity contribution in [3.63, 3.8) is 0 Å². The minimum absolute atomic E-state index is 0.0768. The van der Waals surface area contributed by atoms with Crippen LogP contribution in [0.4, 0.5) is 0 Å². The van der Waals surface area contributed by atoms with E-state index in [1.165, 1.54) is 4.90 Å². The Morgan fingerprint density at radius 3 is 2.48 bits per heavy atom. The van der Waals surface area contributed by atoms with E-state index in [9.17, 15) is 27.6 Å². The number of aliphatic imine (C=N–C) groups is 1. The molecule has 2 aliphatic heterocycles. The Kier molecular flexibility index (Phi) is 13.4. The molecule has 0 aromatic heterocycles. The van der Waals surface area contributed by atoms with Gasteiger partial charge < -0.3 is 15.0 Å². The molecule has 4 atom stereocenters. The summed E-state index contributed by atoms with van der Waals surface area (Å²) in [6, 6.07) is 7.13. The van der Waals surface area contributed by atoms with Crippen molar-refractivity contribution in [2.45, 2.75) is 96.4 Å². The molecule has 3 amide bonds. The van der Waals surface area contributed by atoms with Crippen LogP contribution in [0.25, 0.3) is 0 Å². The molecule has 1 aromatic carbocycles. The molecule has 0 spiro atoms. The van der Waals surface area contributed by atoms with E-state index in [-0.39, 0.29) is 48.5 Å². The van der Waals surface area contributed by atoms with Gasteiger partial charge in [-0.05, 0) is 63.9 Å². The van der Waals surface area contributed by atoms with Crippen molar-refractivity contribution in [3.05, 3.63) is 35.9 Å². The number of amides is 3. The van der Waals surface area contributed by atoms with Crippen molar-refractivity contribution in [2.24, 2.45) is 22.7 Å². The number of likely N-dealkylation sites (tertiary alicyclic amines) is 1. The van der Waals surface area contributed by atoms with E-state index in [0.717, 1.165) is 18.2 Å². The zero-order chi connectivity index (χ0) is 34.1. The zero-order valence-electron chi connectivity index (χ0n) is 27.6. The highest BCUT2D eigenvalue weighted by atomic mass is 32.2. The molecule has 0 aliphatic carbocycles. The summed E-state index contributed by atoms with van der Waals surface area (Å²) in [7, 11) is -3.68. The number of benzene rings is 1. The van der Waals surface area contributed by atoms with Crippen LogP contribution in [0.15, 0.2) is 35.3 Å². The quantitative estimate of drug-likeness (QED) is 0.151. The van der Waals surface area contributed by atoms with E-state index in [0.29, 0.717) is 45.3 Å². The molecule has 4 N–H and O–H groups in total. The molecular weight excluding hydrogens is 612 g/mol. The van der Waals surface area contributed by atoms with Gasteiger partial charge in [0.1, 0.15) is 17.7 Å². The van der Waals surface area contributed by atoms with Crippen LogP contribution in [0.2, 0.25) is 0 Å². The molecule has 2 aliphatic rings. The second-order valence-electron chi connectivity index (χ2n) is 13.3. The fourth-order valence-electron chi connectivity index (χ4n) is 5.66. The van der Waals surface area contributed by atoms with Crippen molar-refractivity contribution >= 4 is 39.9 Å². The van der Waals surface area contributed by atoms with Crippen LogP contribution in [-0.4, -0.2) is 97.8 Å². The Bertz CT molecular complexity index is 1350. The lowest BCUT2D eigenvalue weighted by Crippen LogP contribution is -2.55. The molecule has 2 saturated heterocycles. The molecule has 3 rings (SSSR count). The van der Waals surface area contributed by atoms with Gasteiger partial charge in [-0.2, -0.15) is 0 Å². The van der Waals surface area contributed by atoms with Crippen LogP contribution in [0.5, 0.6) is 0 Å². The summed E-state index contributed by atoms with van der Waals surface area (Å²) in [6.45, 7) is 8.33. The second-order valence-corrected chi connectivity index (χ2v) is 15.1. The highest BCUT2D eigenvalue weighted by Gasteiger charge is 2.38. The smallest absolute Gasteiger partial charge is 0.308 e. The number of ether oxygens (including phenoxy) is 1. The van der Waals surface area contributed by atoms with Crippen LogP contribution >= 0.6 is 0 Å². The standard InChI is InChI=1S/C32H50N6O7S/c1-22(2)31(42)45-32(3,4)15-13-28(39)34-21-25-18-24(14-17-38(25)33)20-35-29(40)27-12-9-16-37(27)30(41)26(36-46(5,43)44)19-23-10-7-6-8-11-23/h6-8,10-11,21-22,24-27,36H,9,12-20,33H2,1-5H3,(H,35,40)/t24?,25?,26-,27+/m1/s1. The topological polar surface area (TPSA) is 181 Å². The Balaban J connectivity index is 1.54. The lowest BCUT2D eigenvalue weighted by Gasteiger charge is -2.35. The largest absolute Gasteiger partial charge is 0.459 e. The Morgan fingerprint density at radius 2 is 1.83 bits per heavy atom. The molecule has 2 heterocycles. The lowest BCUT2D eigenvalue weighted by molar-refractivity contribution is -0.161. The SMILES string of the molecule is CC(C)C(=O)OC(C)(C)CCC(=O)N=CC1CC(CNC(=O)[C@@H]2CCCN2C(=O)[C@@H](Cc2ccccc2)NS(C)(=O)=O)CCN1N. The number of hydrogen-bond acceptors (Lipinski definition) is 9. The summed E-state index contributed by atoms with van der Waals surface area (Å²) in [5.74, 6) is 4.65. The molecule has 1 aromatic rings. The van der Waals surface area contributed by atoms with Gasteiger partial charge in [-0.15, -0.1) is 0 Å². The van der Waals surface area contributed by atoms with Crippen LogP contribution in [0, 0.1) is 11.8 Å². The number of carbonyl (C=O) groups excluding carboxylic acids is 4. The Hall–Kier alpha value is -3.20. The fourth-order valence-corrected chi connectivity index (χ4v) is 6.36. The first-order valence-electron chi connectivity index (χ1n) is 16.0. The van der Waals surface area contributed by atoms with Crippen molar-refractivity contribution in [1.29, 1.82) is 0 Å². The van der Waals surface area contributed by atoms with Gasteiger partial charge in [-0.3, -0.25) is 25.0 Å². The summed E-state index contributed by atoms with van der Waals surface area (Å²) >= 11 is 0. The number of carbonyl (C=O) groups is 4. The van der Waals surface area contributed by atoms with E-state index in [2.05, 4.69) is 15.0 Å². The first-order valence-corrected chi connectivity index (χ1v) is 17.8. The van der Waals surface area contributed by atoms with Crippen LogP contribution < -0.4 is 15.9 Å². The number of hydrogen-bond donors (Lipinski definition) is 3. The van der Waals surface area contributed by atoms with Crippen molar-refractivity contribution in [3.8, 4) is 0 Å². The average molecular weight is 663 g/mol. The summed E-state index contributed by atoms with van der Waals surface area (Å²) in [6.07, 6.45) is 5.62. The van der Waals surface area contributed by atoms with Crippen LogP contribution in [-0.2, 0) is 40.4 Å². The molecule has 2 unspecified atom stereocenters. The maximum Gasteiger partial charge on any atom is 0.308 e. The van der Waals surface area contributed by atoms with Crippen molar-refractivity contribution in [2.75, 3.05) is 25.9 Å². The van der Waals surface area contributed by atoms with Gasteiger partial charge in [0.25, 0.3) is 0 Å². The number of hydrazine groups is 1. The van der Waals surface area contributed by atoms with E-state index in [4.69, 9.17) is 10.6 Å². The van der Waals surface area contributed by atoms with Crippen molar-refractivity contribution in [1.82, 2.24) is 19.9 Å². The zero-order valence-corrected chi connectivity index (χ0v) is 28.4. The number of nitrogens with zero attached hydrogens (tertiary/aromatic N) is 3. The number of piperidine rings is 1. The number of sulfonamides is 1. The normalized spacial score (nSPS) is 21.8. The molecule has 46 heavy (non-hydrogen) atoms. The van der Waals surface area contributed by atoms with E-state index >= 15 is 0 Å². The highest BCUT2D eigenvalue weighted by molar-refractivity contribution is 7.88. The summed E-state index contributed by atoms with van der Waals surface area (Å²) in [5, 5.41) is 4.62. The maximum atomic E-state index is 13.6. The van der Waals surface area contributed by atoms with Gasteiger partial charge in [0, 0.05) is 32.3 Å². The molecule has 0 saturated carbocycles. The van der Waals surface area contributed by atoms with Gasteiger partial charge in [-0.1, -0.05) is 44.2 Å². The first kappa shape index (κ1) is 37.3. The van der Waals surface area contributed by atoms with Gasteiger partial charge in [0.05, 0.1) is 18.2 Å². The number of nitrogens with two attached hydrogens (primary N) is 1. The Morgan fingerprint density at radius 1 is 1.13 bits per heavy atom. The summed E-state index contributed by atoms with van der Waals surface area (Å²) in [5.41, 5.74) is 0.0202. The van der Waals surface area contributed by atoms with Gasteiger partial charge >= 0.3 is 5.97 Å². The van der Waals surface area contributed by atoms with Crippen molar-refractivity contribution < 1.29 is 32.3 Å². The molecule has 14 heteroatoms. The number of esters is 1. The lowest BCUT2D eigenvalue weighted by atomic mass is 9.92. The van der Waals surface area contributed by atoms with Crippen LogP contribution in [0.1, 0.15) is 71.8 Å². The maximum absolute atomic E-state index is 13.6. The summed E-state index contributed by atoms with van der Waals surface area (Å²) < 4.78 is 32.1. The predicted molar refractivity (Wildman–Crippen MR) is 175 cm³/mol. The number of rotatable bonds is 14. The third-order valence-electron chi connectivity index (χ3n) is 8.32. The highest BCUT2D eigenvalue weighted by Crippen LogP contribution is 2.23. The molecular formula is C32H50N6O7S. The minimum atomic E-state index is -3.68. The van der Waals surface area contributed by atoms with E-state index < -0.39 is 33.6 Å². The molecule has 0 bridgehead atoms. The van der Waals surface area contributed by atoms with Gasteiger partial charge in [0.15, 0.2) is 0 Å².